The van der Waals surface area contributed by atoms with Crippen molar-refractivity contribution in [1.82, 2.24) is 16.0 Å². The van der Waals surface area contributed by atoms with Crippen LogP contribution in [0.2, 0.25) is 0 Å². The predicted molar refractivity (Wildman–Crippen MR) is 130 cm³/mol. The molecule has 0 saturated heterocycles. The number of aliphatic imine (C=N–C) groups is 1. The summed E-state index contributed by atoms with van der Waals surface area (Å²) in [5.74, 6) is 0.714. The second-order valence-corrected chi connectivity index (χ2v) is 8.30. The van der Waals surface area contributed by atoms with Gasteiger partial charge in [0.15, 0.2) is 5.96 Å². The third-order valence-electron chi connectivity index (χ3n) is 5.06. The number of hydrogen-bond acceptors (Lipinski definition) is 5. The topological polar surface area (TPSA) is 94.6 Å². The van der Waals surface area contributed by atoms with Crippen molar-refractivity contribution < 1.29 is 9.59 Å². The minimum atomic E-state index is -0.229. The molecule has 1 aliphatic rings. The highest BCUT2D eigenvalue weighted by Crippen LogP contribution is 2.27. The van der Waals surface area contributed by atoms with Gasteiger partial charge in [-0.1, -0.05) is 26.5 Å². The molecule has 2 aromatic rings. The average Bonchev–Trinajstić information content (AvgIpc) is 3.26. The molecular formula is C25H31N5O2. The number of anilines is 2. The maximum atomic E-state index is 12.6. The summed E-state index contributed by atoms with van der Waals surface area (Å²) in [6.45, 7) is 12.2. The Morgan fingerprint density at radius 3 is 2.59 bits per heavy atom. The molecular weight excluding hydrogens is 402 g/mol. The van der Waals surface area contributed by atoms with E-state index in [0.717, 1.165) is 35.5 Å². The van der Waals surface area contributed by atoms with Gasteiger partial charge in [-0.25, -0.2) is 0 Å². The Balaban J connectivity index is 1.74. The maximum absolute atomic E-state index is 12.6. The lowest BCUT2D eigenvalue weighted by molar-refractivity contribution is 0.0949. The standard InChI is InChI=1S/C25H31N5O2/c1-16(2)10-11-26-23(31)18-6-5-7-20(14-18)29-22-9-8-19(15-21(22)17(3)4)24(32)30-25-27-12-13-28-25/h5-9,14-16,29H,3,10-13H2,1-2,4H3,(H,26,31)(H2,27,28,30,32). The van der Waals surface area contributed by atoms with Gasteiger partial charge in [-0.3, -0.25) is 19.9 Å². The van der Waals surface area contributed by atoms with Crippen molar-refractivity contribution >= 4 is 34.7 Å². The van der Waals surface area contributed by atoms with Crippen molar-refractivity contribution in [3.8, 4) is 0 Å². The Bertz CT molecular complexity index is 1040. The largest absolute Gasteiger partial charge is 0.355 e. The van der Waals surface area contributed by atoms with Gasteiger partial charge in [0.2, 0.25) is 0 Å². The average molecular weight is 434 g/mol. The van der Waals surface area contributed by atoms with Gasteiger partial charge in [-0.2, -0.15) is 0 Å². The van der Waals surface area contributed by atoms with Crippen molar-refractivity contribution in [1.29, 1.82) is 0 Å². The molecule has 0 fully saturated rings. The van der Waals surface area contributed by atoms with Crippen LogP contribution in [0, 0.1) is 5.92 Å². The van der Waals surface area contributed by atoms with E-state index >= 15 is 0 Å². The molecule has 0 saturated carbocycles. The number of guanidine groups is 1. The van der Waals surface area contributed by atoms with Crippen LogP contribution in [0.1, 0.15) is 53.5 Å². The first-order valence-corrected chi connectivity index (χ1v) is 10.9. The quantitative estimate of drug-likeness (QED) is 0.507. The van der Waals surface area contributed by atoms with Crippen LogP contribution in [-0.2, 0) is 0 Å². The summed E-state index contributed by atoms with van der Waals surface area (Å²) < 4.78 is 0. The highest BCUT2D eigenvalue weighted by Gasteiger charge is 2.14. The van der Waals surface area contributed by atoms with Gasteiger partial charge < -0.3 is 16.0 Å². The molecule has 7 heteroatoms. The van der Waals surface area contributed by atoms with E-state index in [2.05, 4.69) is 46.7 Å². The third kappa shape index (κ3) is 6.20. The van der Waals surface area contributed by atoms with Crippen LogP contribution >= 0.6 is 0 Å². The molecule has 32 heavy (non-hydrogen) atoms. The summed E-state index contributed by atoms with van der Waals surface area (Å²) in [6.07, 6.45) is 0.939. The van der Waals surface area contributed by atoms with Crippen LogP contribution in [0.25, 0.3) is 5.57 Å². The van der Waals surface area contributed by atoms with E-state index in [0.29, 0.717) is 36.1 Å². The number of allylic oxidation sites excluding steroid dienone is 1. The first-order chi connectivity index (χ1) is 15.3. The SMILES string of the molecule is C=C(C)c1cc(C(=O)NC2=NCCN2)ccc1Nc1cccc(C(=O)NCCC(C)C)c1. The molecule has 3 rings (SSSR count). The second-order valence-electron chi connectivity index (χ2n) is 8.30. The maximum Gasteiger partial charge on any atom is 0.257 e. The number of amides is 2. The first-order valence-electron chi connectivity index (χ1n) is 10.9. The zero-order chi connectivity index (χ0) is 23.1. The van der Waals surface area contributed by atoms with Gasteiger partial charge in [0.1, 0.15) is 0 Å². The molecule has 2 aromatic carbocycles. The van der Waals surface area contributed by atoms with E-state index in [1.54, 1.807) is 18.2 Å². The minimum absolute atomic E-state index is 0.0927. The first kappa shape index (κ1) is 23.1. The van der Waals surface area contributed by atoms with Crippen LogP contribution in [0.5, 0.6) is 0 Å². The molecule has 2 amide bonds. The Hall–Kier alpha value is -3.61. The number of hydrogen-bond donors (Lipinski definition) is 4. The molecule has 1 aliphatic heterocycles. The molecule has 7 nitrogen and oxygen atoms in total. The van der Waals surface area contributed by atoms with Gasteiger partial charge in [0.25, 0.3) is 11.8 Å². The highest BCUT2D eigenvalue weighted by atomic mass is 16.2. The fraction of sp³-hybridized carbons (Fsp3) is 0.320. The van der Waals surface area contributed by atoms with E-state index in [-0.39, 0.29) is 11.8 Å². The zero-order valence-corrected chi connectivity index (χ0v) is 18.9. The van der Waals surface area contributed by atoms with Crippen molar-refractivity contribution in [3.05, 3.63) is 65.7 Å². The van der Waals surface area contributed by atoms with Crippen LogP contribution in [0.15, 0.2) is 54.0 Å². The number of nitrogens with zero attached hydrogens (tertiary/aromatic N) is 1. The highest BCUT2D eigenvalue weighted by molar-refractivity contribution is 6.06. The van der Waals surface area contributed by atoms with E-state index in [9.17, 15) is 9.59 Å². The minimum Gasteiger partial charge on any atom is -0.355 e. The van der Waals surface area contributed by atoms with Gasteiger partial charge in [-0.05, 0) is 61.2 Å². The van der Waals surface area contributed by atoms with Crippen LogP contribution in [-0.4, -0.2) is 37.4 Å². The molecule has 0 unspecified atom stereocenters. The van der Waals surface area contributed by atoms with E-state index in [1.807, 2.05) is 31.2 Å². The predicted octanol–water partition coefficient (Wildman–Crippen LogP) is 3.93. The van der Waals surface area contributed by atoms with Crippen LogP contribution in [0.4, 0.5) is 11.4 Å². The number of nitrogens with one attached hydrogen (secondary N) is 4. The number of benzene rings is 2. The van der Waals surface area contributed by atoms with Crippen molar-refractivity contribution in [3.63, 3.8) is 0 Å². The third-order valence-corrected chi connectivity index (χ3v) is 5.06. The van der Waals surface area contributed by atoms with Crippen molar-refractivity contribution in [2.75, 3.05) is 25.0 Å². The van der Waals surface area contributed by atoms with E-state index in [1.165, 1.54) is 0 Å². The summed E-state index contributed by atoms with van der Waals surface area (Å²) in [7, 11) is 0. The normalized spacial score (nSPS) is 12.7. The zero-order valence-electron chi connectivity index (χ0n) is 18.9. The molecule has 168 valence electrons. The van der Waals surface area contributed by atoms with Gasteiger partial charge in [0, 0.05) is 41.2 Å². The summed E-state index contributed by atoms with van der Waals surface area (Å²) in [4.78, 5) is 29.2. The Morgan fingerprint density at radius 2 is 1.91 bits per heavy atom. The molecule has 0 radical (unpaired) electrons. The molecule has 1 heterocycles. The van der Waals surface area contributed by atoms with Crippen molar-refractivity contribution in [2.45, 2.75) is 27.2 Å². The number of rotatable bonds is 8. The summed E-state index contributed by atoms with van der Waals surface area (Å²) in [6, 6.07) is 12.8. The smallest absolute Gasteiger partial charge is 0.257 e. The lowest BCUT2D eigenvalue weighted by atomic mass is 10.0. The molecule has 4 N–H and O–H groups in total. The van der Waals surface area contributed by atoms with E-state index < -0.39 is 0 Å². The molecule has 0 aliphatic carbocycles. The molecule has 0 bridgehead atoms. The number of carbonyl (C=O) groups excluding carboxylic acids is 2. The Kier molecular flexibility index (Phi) is 7.65. The molecule has 0 aromatic heterocycles. The monoisotopic (exact) mass is 433 g/mol. The van der Waals surface area contributed by atoms with Gasteiger partial charge in [-0.15, -0.1) is 0 Å². The Labute approximate surface area is 189 Å². The summed E-state index contributed by atoms with van der Waals surface area (Å²) in [5, 5.41) is 12.1. The molecule has 0 spiro atoms. The Morgan fingerprint density at radius 1 is 1.12 bits per heavy atom. The summed E-state index contributed by atoms with van der Waals surface area (Å²) >= 11 is 0. The van der Waals surface area contributed by atoms with Crippen LogP contribution < -0.4 is 21.3 Å². The lowest BCUT2D eigenvalue weighted by Gasteiger charge is -2.15. The number of carbonyl (C=O) groups is 2. The van der Waals surface area contributed by atoms with Gasteiger partial charge >= 0.3 is 0 Å². The fourth-order valence-corrected chi connectivity index (χ4v) is 3.28. The molecule has 0 atom stereocenters. The lowest BCUT2D eigenvalue weighted by Crippen LogP contribution is -2.38. The van der Waals surface area contributed by atoms with E-state index in [4.69, 9.17) is 0 Å². The second kappa shape index (κ2) is 10.6. The van der Waals surface area contributed by atoms with Crippen molar-refractivity contribution in [2.24, 2.45) is 10.9 Å². The van der Waals surface area contributed by atoms with Crippen LogP contribution in [0.3, 0.4) is 0 Å². The fourth-order valence-electron chi connectivity index (χ4n) is 3.28. The van der Waals surface area contributed by atoms with Gasteiger partial charge in [0.05, 0.1) is 6.54 Å². The summed E-state index contributed by atoms with van der Waals surface area (Å²) in [5.41, 5.74) is 4.35.